The molecule has 196 valence electrons. The number of hydrogen-bond acceptors (Lipinski definition) is 5. The molecule has 3 aromatic rings. The molecule has 1 fully saturated rings. The van der Waals surface area contributed by atoms with Gasteiger partial charge in [0.2, 0.25) is 0 Å². The number of aryl methyl sites for hydroxylation is 1. The maximum absolute atomic E-state index is 13.3. The molecule has 6 nitrogen and oxygen atoms in total. The van der Waals surface area contributed by atoms with Gasteiger partial charge in [0.05, 0.1) is 34.1 Å². The Kier molecular flexibility index (Phi) is 7.31. The van der Waals surface area contributed by atoms with Crippen LogP contribution in [0.15, 0.2) is 47.6 Å². The Morgan fingerprint density at radius 2 is 1.81 bits per heavy atom. The van der Waals surface area contributed by atoms with Crippen LogP contribution in [0.1, 0.15) is 43.7 Å². The minimum absolute atomic E-state index is 0.0293. The van der Waals surface area contributed by atoms with E-state index >= 15 is 0 Å². The summed E-state index contributed by atoms with van der Waals surface area (Å²) in [6.07, 6.45) is -0.00761. The van der Waals surface area contributed by atoms with Crippen molar-refractivity contribution < 1.29 is 18.0 Å². The summed E-state index contributed by atoms with van der Waals surface area (Å²) in [5.74, 6) is 0.462. The Bertz CT molecular complexity index is 1330. The monoisotopic (exact) mass is 529 g/mol. The maximum atomic E-state index is 13.3. The Morgan fingerprint density at radius 1 is 1.03 bits per heavy atom. The van der Waals surface area contributed by atoms with E-state index in [1.807, 2.05) is 25.1 Å². The highest BCUT2D eigenvalue weighted by molar-refractivity contribution is 8.14. The van der Waals surface area contributed by atoms with Crippen LogP contribution in [-0.4, -0.2) is 61.8 Å². The quantitative estimate of drug-likeness (QED) is 0.371. The number of aromatic nitrogens is 2. The lowest BCUT2D eigenvalue weighted by Gasteiger charge is -2.31. The molecule has 0 bridgehead atoms. The summed E-state index contributed by atoms with van der Waals surface area (Å²) in [5, 5.41) is 6.28. The summed E-state index contributed by atoms with van der Waals surface area (Å²) >= 11 is 1.30. The van der Waals surface area contributed by atoms with Gasteiger partial charge in [0.1, 0.15) is 5.82 Å². The van der Waals surface area contributed by atoms with Crippen LogP contribution >= 0.6 is 11.8 Å². The summed E-state index contributed by atoms with van der Waals surface area (Å²) in [5.41, 5.74) is 2.89. The van der Waals surface area contributed by atoms with Crippen LogP contribution in [-0.2, 0) is 13.2 Å². The third kappa shape index (κ3) is 5.40. The average molecular weight is 530 g/mol. The lowest BCUT2D eigenvalue weighted by molar-refractivity contribution is -0.137. The van der Waals surface area contributed by atoms with E-state index in [0.717, 1.165) is 55.0 Å². The maximum Gasteiger partial charge on any atom is 0.416 e. The van der Waals surface area contributed by atoms with Crippen molar-refractivity contribution in [3.63, 3.8) is 0 Å². The number of benzene rings is 2. The Balaban J connectivity index is 1.46. The van der Waals surface area contributed by atoms with Gasteiger partial charge >= 0.3 is 11.4 Å². The molecule has 1 aromatic heterocycles. The molecule has 1 saturated heterocycles. The number of alkyl halides is 3. The van der Waals surface area contributed by atoms with Gasteiger partial charge in [-0.05, 0) is 56.6 Å². The van der Waals surface area contributed by atoms with Gasteiger partial charge < -0.3 is 9.47 Å². The molecule has 0 N–H and O–H groups in total. The van der Waals surface area contributed by atoms with Crippen LogP contribution in [0.3, 0.4) is 0 Å². The zero-order valence-electron chi connectivity index (χ0n) is 21.0. The first-order valence-electron chi connectivity index (χ1n) is 12.7. The summed E-state index contributed by atoms with van der Waals surface area (Å²) in [6.45, 7) is 5.52. The first-order valence-corrected chi connectivity index (χ1v) is 13.6. The highest BCUT2D eigenvalue weighted by atomic mass is 32.2. The third-order valence-corrected chi connectivity index (χ3v) is 8.31. The molecule has 1 atom stereocenters. The second-order valence-electron chi connectivity index (χ2n) is 9.57. The number of halogens is 3. The minimum Gasteiger partial charge on any atom is -0.327 e. The standard InChI is InChI=1S/C27H30F3N5OS/c1-3-23-24(32-35(26(36)37-23)15-14-34-12-5-4-6-13-34)18-10-11-22-21(17-18)31-25(33(22)2)19-8-7-9-20(16-19)27(28,29)30/h7-11,16-17,23H,3-6,12-15H2,1-2H3. The van der Waals surface area contributed by atoms with Crippen LogP contribution in [0.4, 0.5) is 18.0 Å². The number of imidazole rings is 1. The Hall–Kier alpha value is -2.85. The molecule has 0 radical (unpaired) electrons. The molecule has 0 saturated carbocycles. The Morgan fingerprint density at radius 3 is 2.54 bits per heavy atom. The van der Waals surface area contributed by atoms with Gasteiger partial charge in [-0.1, -0.05) is 43.3 Å². The molecule has 0 spiro atoms. The third-order valence-electron chi connectivity index (χ3n) is 7.06. The minimum atomic E-state index is -4.42. The van der Waals surface area contributed by atoms with E-state index < -0.39 is 11.7 Å². The van der Waals surface area contributed by atoms with Crippen molar-refractivity contribution in [1.82, 2.24) is 19.5 Å². The molecule has 0 aliphatic carbocycles. The number of fused-ring (bicyclic) bond motifs is 1. The molecule has 1 unspecified atom stereocenters. The van der Waals surface area contributed by atoms with Crippen molar-refractivity contribution in [1.29, 1.82) is 0 Å². The van der Waals surface area contributed by atoms with Crippen LogP contribution < -0.4 is 0 Å². The fourth-order valence-electron chi connectivity index (χ4n) is 5.01. The SMILES string of the molecule is CCC1SC(=O)N(CCN2CCCCC2)N=C1c1ccc2c(c1)nc(-c1cccc(C(F)(F)F)c1)n2C. The van der Waals surface area contributed by atoms with E-state index in [0.29, 0.717) is 23.4 Å². The smallest absolute Gasteiger partial charge is 0.327 e. The predicted octanol–water partition coefficient (Wildman–Crippen LogP) is 6.40. The number of rotatable bonds is 6. The van der Waals surface area contributed by atoms with E-state index in [9.17, 15) is 18.0 Å². The molecule has 10 heteroatoms. The van der Waals surface area contributed by atoms with Crippen molar-refractivity contribution in [2.24, 2.45) is 12.1 Å². The van der Waals surface area contributed by atoms with Gasteiger partial charge in [0, 0.05) is 24.7 Å². The molecule has 37 heavy (non-hydrogen) atoms. The fraction of sp³-hybridized carbons (Fsp3) is 0.444. The van der Waals surface area contributed by atoms with E-state index in [4.69, 9.17) is 10.1 Å². The number of hydrazone groups is 1. The van der Waals surface area contributed by atoms with Gasteiger partial charge in [-0.25, -0.2) is 9.99 Å². The average Bonchev–Trinajstić information content (AvgIpc) is 3.23. The number of piperidine rings is 1. The zero-order chi connectivity index (χ0) is 26.2. The van der Waals surface area contributed by atoms with Crippen molar-refractivity contribution in [2.75, 3.05) is 26.2 Å². The van der Waals surface area contributed by atoms with E-state index in [1.165, 1.54) is 37.1 Å². The van der Waals surface area contributed by atoms with Crippen LogP contribution in [0, 0.1) is 0 Å². The molecule has 5 rings (SSSR count). The number of likely N-dealkylation sites (tertiary alicyclic amines) is 1. The van der Waals surface area contributed by atoms with Gasteiger partial charge in [-0.3, -0.25) is 4.79 Å². The van der Waals surface area contributed by atoms with Crippen molar-refractivity contribution in [3.8, 4) is 11.4 Å². The highest BCUT2D eigenvalue weighted by Gasteiger charge is 2.32. The van der Waals surface area contributed by atoms with Crippen molar-refractivity contribution in [3.05, 3.63) is 53.6 Å². The largest absolute Gasteiger partial charge is 0.416 e. The van der Waals surface area contributed by atoms with Gasteiger partial charge in [0.25, 0.3) is 0 Å². The lowest BCUT2D eigenvalue weighted by atomic mass is 10.0. The molecule has 2 aromatic carbocycles. The van der Waals surface area contributed by atoms with E-state index in [1.54, 1.807) is 22.7 Å². The van der Waals surface area contributed by atoms with Gasteiger partial charge in [-0.15, -0.1) is 0 Å². The molecule has 1 amide bonds. The number of hydrogen-bond donors (Lipinski definition) is 0. The second kappa shape index (κ2) is 10.5. The fourth-order valence-corrected chi connectivity index (χ4v) is 5.97. The summed E-state index contributed by atoms with van der Waals surface area (Å²) in [6, 6.07) is 11.0. The van der Waals surface area contributed by atoms with Crippen molar-refractivity contribution >= 4 is 33.7 Å². The number of carbonyl (C=O) groups excluding carboxylic acids is 1. The first kappa shape index (κ1) is 25.8. The van der Waals surface area contributed by atoms with Gasteiger partial charge in [-0.2, -0.15) is 18.3 Å². The number of thioether (sulfide) groups is 1. The Labute approximate surface area is 218 Å². The summed E-state index contributed by atoms with van der Waals surface area (Å²) < 4.78 is 41.6. The zero-order valence-corrected chi connectivity index (χ0v) is 21.8. The van der Waals surface area contributed by atoms with E-state index in [-0.39, 0.29) is 10.5 Å². The molecule has 2 aliphatic heterocycles. The van der Waals surface area contributed by atoms with Crippen molar-refractivity contribution in [2.45, 2.75) is 44.0 Å². The molecular weight excluding hydrogens is 499 g/mol. The summed E-state index contributed by atoms with van der Waals surface area (Å²) in [4.78, 5) is 19.9. The van der Waals surface area contributed by atoms with Crippen LogP contribution in [0.2, 0.25) is 0 Å². The topological polar surface area (TPSA) is 53.7 Å². The summed E-state index contributed by atoms with van der Waals surface area (Å²) in [7, 11) is 1.80. The lowest BCUT2D eigenvalue weighted by Crippen LogP contribution is -2.41. The molecular formula is C27H30F3N5OS. The predicted molar refractivity (Wildman–Crippen MR) is 142 cm³/mol. The van der Waals surface area contributed by atoms with E-state index in [2.05, 4.69) is 4.90 Å². The molecule has 3 heterocycles. The second-order valence-corrected chi connectivity index (χ2v) is 10.7. The number of amides is 1. The normalized spacial score (nSPS) is 19.5. The highest BCUT2D eigenvalue weighted by Crippen LogP contribution is 2.34. The number of carbonyl (C=O) groups is 1. The van der Waals surface area contributed by atoms with Crippen LogP contribution in [0.25, 0.3) is 22.4 Å². The molecule has 2 aliphatic rings. The van der Waals surface area contributed by atoms with Gasteiger partial charge in [0.15, 0.2) is 0 Å². The van der Waals surface area contributed by atoms with Crippen LogP contribution in [0.5, 0.6) is 0 Å². The number of nitrogens with zero attached hydrogens (tertiary/aromatic N) is 5. The first-order chi connectivity index (χ1) is 17.7.